The van der Waals surface area contributed by atoms with E-state index in [4.69, 9.17) is 0 Å². The van der Waals surface area contributed by atoms with E-state index >= 15 is 0 Å². The Morgan fingerprint density at radius 1 is 1.08 bits per heavy atom. The fraction of sp³-hybridized carbons (Fsp3) is 0.304. The monoisotopic (exact) mass is 330 g/mol. The molecular formula is C23H26Si. The summed E-state index contributed by atoms with van der Waals surface area (Å²) in [6.07, 6.45) is 15.3. The van der Waals surface area contributed by atoms with E-state index in [9.17, 15) is 0 Å². The van der Waals surface area contributed by atoms with Crippen LogP contribution in [0.1, 0.15) is 18.9 Å². The van der Waals surface area contributed by atoms with Crippen LogP contribution in [0, 0.1) is 6.92 Å². The zero-order valence-corrected chi connectivity index (χ0v) is 16.4. The van der Waals surface area contributed by atoms with Gasteiger partial charge in [-0.2, -0.15) is 0 Å². The largest absolute Gasteiger partial charge is 0.0801 e. The van der Waals surface area contributed by atoms with Gasteiger partial charge in [0.1, 0.15) is 0 Å². The lowest BCUT2D eigenvalue weighted by Crippen LogP contribution is -2.39. The lowest BCUT2D eigenvalue weighted by molar-refractivity contribution is 0.834. The van der Waals surface area contributed by atoms with E-state index in [-0.39, 0.29) is 5.04 Å². The van der Waals surface area contributed by atoms with Crippen LogP contribution in [0.3, 0.4) is 0 Å². The summed E-state index contributed by atoms with van der Waals surface area (Å²) in [4.78, 5) is 0. The van der Waals surface area contributed by atoms with Crippen molar-refractivity contribution in [1.82, 2.24) is 0 Å². The van der Waals surface area contributed by atoms with Crippen molar-refractivity contribution in [2.75, 3.05) is 0 Å². The Bertz CT molecular complexity index is 974. The van der Waals surface area contributed by atoms with Gasteiger partial charge in [-0.05, 0) is 52.2 Å². The number of allylic oxidation sites excluding steroid dienone is 8. The molecule has 0 nitrogen and oxygen atoms in total. The maximum absolute atomic E-state index is 2.51. The third-order valence-electron chi connectivity index (χ3n) is 6.11. The van der Waals surface area contributed by atoms with E-state index in [2.05, 4.69) is 88.1 Å². The summed E-state index contributed by atoms with van der Waals surface area (Å²) in [5, 5.41) is 2.96. The van der Waals surface area contributed by atoms with Crippen LogP contribution in [0.4, 0.5) is 0 Å². The molecule has 0 aromatic heterocycles. The average Bonchev–Trinajstić information content (AvgIpc) is 3.12. The standard InChI is InChI=1S/C23H26Si/c1-16-10-11-19-18(14-16)15-21-20(19)12-13-23(2,24(3,4)5)22(21)17-8-6-7-9-17/h6-8,10-15H,9H2,1-5H3. The highest BCUT2D eigenvalue weighted by Crippen LogP contribution is 2.55. The summed E-state index contributed by atoms with van der Waals surface area (Å²) in [5.41, 5.74) is 7.32. The Balaban J connectivity index is 2.07. The van der Waals surface area contributed by atoms with Gasteiger partial charge in [0.25, 0.3) is 0 Å². The van der Waals surface area contributed by atoms with Gasteiger partial charge >= 0.3 is 0 Å². The fourth-order valence-corrected chi connectivity index (χ4v) is 5.82. The van der Waals surface area contributed by atoms with Gasteiger partial charge in [0.15, 0.2) is 0 Å². The Hall–Kier alpha value is -1.86. The van der Waals surface area contributed by atoms with Crippen molar-refractivity contribution in [3.05, 3.63) is 81.3 Å². The molecule has 0 bridgehead atoms. The second kappa shape index (κ2) is 5.06. The number of hydrogen-bond donors (Lipinski definition) is 0. The zero-order chi connectivity index (χ0) is 17.1. The third kappa shape index (κ3) is 2.11. The minimum Gasteiger partial charge on any atom is -0.0801 e. The zero-order valence-electron chi connectivity index (χ0n) is 15.4. The molecule has 1 atom stereocenters. The van der Waals surface area contributed by atoms with Gasteiger partial charge in [-0.1, -0.05) is 80.7 Å². The smallest absolute Gasteiger partial charge is 0.0601 e. The summed E-state index contributed by atoms with van der Waals surface area (Å²) >= 11 is 0. The van der Waals surface area contributed by atoms with Crippen molar-refractivity contribution in [1.29, 1.82) is 0 Å². The number of rotatable bonds is 2. The van der Waals surface area contributed by atoms with Crippen molar-refractivity contribution < 1.29 is 0 Å². The van der Waals surface area contributed by atoms with Gasteiger partial charge in [0, 0.05) is 5.04 Å². The molecule has 3 aliphatic carbocycles. The molecule has 0 saturated heterocycles. The number of aryl methyl sites for hydroxylation is 1. The quantitative estimate of drug-likeness (QED) is 0.684. The molecule has 1 unspecified atom stereocenters. The molecule has 1 aromatic rings. The molecule has 3 aliphatic rings. The molecular weight excluding hydrogens is 304 g/mol. The molecule has 24 heavy (non-hydrogen) atoms. The van der Waals surface area contributed by atoms with E-state index < -0.39 is 8.07 Å². The Morgan fingerprint density at radius 2 is 1.88 bits per heavy atom. The lowest BCUT2D eigenvalue weighted by atomic mass is 9.81. The normalized spacial score (nSPS) is 24.9. The molecule has 122 valence electrons. The van der Waals surface area contributed by atoms with Gasteiger partial charge in [0.05, 0.1) is 8.07 Å². The van der Waals surface area contributed by atoms with E-state index in [1.807, 2.05) is 0 Å². The molecule has 1 aromatic carbocycles. The second-order valence-corrected chi connectivity index (χ2v) is 14.1. The molecule has 0 saturated carbocycles. The summed E-state index contributed by atoms with van der Waals surface area (Å²) in [6.45, 7) is 12.1. The van der Waals surface area contributed by atoms with Gasteiger partial charge in [-0.3, -0.25) is 0 Å². The number of benzene rings is 1. The van der Waals surface area contributed by atoms with Crippen LogP contribution >= 0.6 is 0 Å². The van der Waals surface area contributed by atoms with E-state index in [1.54, 1.807) is 5.57 Å². The highest BCUT2D eigenvalue weighted by Gasteiger charge is 2.44. The van der Waals surface area contributed by atoms with Crippen molar-refractivity contribution >= 4 is 19.7 Å². The van der Waals surface area contributed by atoms with Crippen LogP contribution < -0.4 is 10.4 Å². The lowest BCUT2D eigenvalue weighted by Gasteiger charge is -2.44. The van der Waals surface area contributed by atoms with E-state index in [0.717, 1.165) is 6.42 Å². The first-order chi connectivity index (χ1) is 11.3. The molecule has 0 amide bonds. The predicted octanol–water partition coefficient (Wildman–Crippen LogP) is 4.79. The first-order valence-electron chi connectivity index (χ1n) is 8.94. The highest BCUT2D eigenvalue weighted by molar-refractivity contribution is 6.80. The second-order valence-electron chi connectivity index (χ2n) is 8.55. The van der Waals surface area contributed by atoms with Gasteiger partial charge in [0.2, 0.25) is 0 Å². The summed E-state index contributed by atoms with van der Waals surface area (Å²) in [7, 11) is -1.43. The molecule has 0 fully saturated rings. The SMILES string of the molecule is Cc1ccc2c(c1)=CC1=C(C3=CC=CC3)C(C)([Si](C)(C)C)C=CC=21. The van der Waals surface area contributed by atoms with Crippen LogP contribution in [0.2, 0.25) is 24.7 Å². The van der Waals surface area contributed by atoms with Crippen molar-refractivity contribution in [3.63, 3.8) is 0 Å². The maximum Gasteiger partial charge on any atom is 0.0601 e. The van der Waals surface area contributed by atoms with Gasteiger partial charge in [-0.15, -0.1) is 0 Å². The van der Waals surface area contributed by atoms with Crippen LogP contribution in [0.5, 0.6) is 0 Å². The Morgan fingerprint density at radius 3 is 2.54 bits per heavy atom. The predicted molar refractivity (Wildman–Crippen MR) is 108 cm³/mol. The van der Waals surface area contributed by atoms with E-state index in [1.165, 1.54) is 32.7 Å². The minimum atomic E-state index is -1.43. The molecule has 4 rings (SSSR count). The van der Waals surface area contributed by atoms with Crippen molar-refractivity contribution in [2.45, 2.75) is 44.9 Å². The fourth-order valence-electron chi connectivity index (χ4n) is 4.19. The van der Waals surface area contributed by atoms with Crippen LogP contribution in [-0.4, -0.2) is 8.07 Å². The number of fused-ring (bicyclic) bond motifs is 2. The molecule has 1 heteroatoms. The first kappa shape index (κ1) is 15.7. The summed E-state index contributed by atoms with van der Waals surface area (Å²) < 4.78 is 0. The van der Waals surface area contributed by atoms with Crippen molar-refractivity contribution in [3.8, 4) is 0 Å². The van der Waals surface area contributed by atoms with E-state index in [0.29, 0.717) is 0 Å². The first-order valence-corrected chi connectivity index (χ1v) is 12.4. The topological polar surface area (TPSA) is 0 Å². The Labute approximate surface area is 146 Å². The average molecular weight is 331 g/mol. The summed E-state index contributed by atoms with van der Waals surface area (Å²) in [5.74, 6) is 0. The highest BCUT2D eigenvalue weighted by atomic mass is 28.3. The maximum atomic E-state index is 2.51. The molecule has 0 aliphatic heterocycles. The molecule has 0 spiro atoms. The Kier molecular flexibility index (Phi) is 3.30. The van der Waals surface area contributed by atoms with Crippen LogP contribution in [0.25, 0.3) is 11.6 Å². The summed E-state index contributed by atoms with van der Waals surface area (Å²) in [6, 6.07) is 6.86. The third-order valence-corrected chi connectivity index (χ3v) is 9.64. The minimum absolute atomic E-state index is 0.178. The van der Waals surface area contributed by atoms with Gasteiger partial charge in [-0.25, -0.2) is 0 Å². The molecule has 0 N–H and O–H groups in total. The van der Waals surface area contributed by atoms with Crippen LogP contribution in [-0.2, 0) is 0 Å². The number of hydrogen-bond acceptors (Lipinski definition) is 0. The molecule has 0 heterocycles. The van der Waals surface area contributed by atoms with Crippen LogP contribution in [0.15, 0.2) is 65.3 Å². The van der Waals surface area contributed by atoms with Crippen molar-refractivity contribution in [2.24, 2.45) is 0 Å². The van der Waals surface area contributed by atoms with Gasteiger partial charge < -0.3 is 0 Å². The molecule has 0 radical (unpaired) electrons.